The maximum atomic E-state index is 12.7. The van der Waals surface area contributed by atoms with Crippen molar-refractivity contribution >= 4 is 11.8 Å². The van der Waals surface area contributed by atoms with E-state index in [-0.39, 0.29) is 13.0 Å². The molecule has 0 aromatic rings. The van der Waals surface area contributed by atoms with Crippen LogP contribution in [0.15, 0.2) is 23.3 Å². The van der Waals surface area contributed by atoms with E-state index in [1.807, 2.05) is 13.8 Å². The van der Waals surface area contributed by atoms with Gasteiger partial charge in [-0.05, 0) is 18.1 Å². The highest BCUT2D eigenvalue weighted by molar-refractivity contribution is 6.04. The van der Waals surface area contributed by atoms with E-state index in [1.54, 1.807) is 26.0 Å². The molecular weight excluding hydrogens is 392 g/mol. The van der Waals surface area contributed by atoms with Crippen molar-refractivity contribution in [2.75, 3.05) is 6.61 Å². The van der Waals surface area contributed by atoms with Crippen LogP contribution in [0.4, 0.5) is 0 Å². The van der Waals surface area contributed by atoms with E-state index in [0.717, 1.165) is 6.92 Å². The molecule has 0 unspecified atom stereocenters. The van der Waals surface area contributed by atoms with Crippen molar-refractivity contribution in [1.29, 1.82) is 0 Å². The van der Waals surface area contributed by atoms with Gasteiger partial charge in [-0.25, -0.2) is 0 Å². The summed E-state index contributed by atoms with van der Waals surface area (Å²) in [6.45, 7) is 7.71. The summed E-state index contributed by atoms with van der Waals surface area (Å²) in [4.78, 5) is 21.7. The van der Waals surface area contributed by atoms with E-state index < -0.39 is 63.7 Å². The van der Waals surface area contributed by atoms with Gasteiger partial charge in [0.1, 0.15) is 11.2 Å². The number of carbonyl (C=O) groups excluding carboxylic acids is 1. The van der Waals surface area contributed by atoms with Crippen molar-refractivity contribution in [3.05, 3.63) is 23.3 Å². The molecule has 0 saturated heterocycles. The van der Waals surface area contributed by atoms with E-state index in [9.17, 15) is 30.3 Å². The third-order valence-corrected chi connectivity index (χ3v) is 8.04. The Morgan fingerprint density at radius 2 is 1.73 bits per heavy atom. The molecule has 0 spiro atoms. The summed E-state index contributed by atoms with van der Waals surface area (Å²) in [7, 11) is 0. The van der Waals surface area contributed by atoms with E-state index in [0.29, 0.717) is 11.1 Å². The first kappa shape index (κ1) is 23.1. The molecule has 0 radical (unpaired) electrons. The van der Waals surface area contributed by atoms with E-state index in [2.05, 4.69) is 0 Å². The van der Waals surface area contributed by atoms with Gasteiger partial charge in [-0.3, -0.25) is 9.59 Å². The molecule has 0 aliphatic heterocycles. The zero-order valence-electron chi connectivity index (χ0n) is 18.0. The van der Waals surface area contributed by atoms with Crippen molar-refractivity contribution in [3.63, 3.8) is 0 Å². The number of hydrogen-bond acceptors (Lipinski definition) is 7. The topological polar surface area (TPSA) is 156 Å². The number of ketones is 1. The minimum absolute atomic E-state index is 0.0615. The minimum atomic E-state index is -1.84. The van der Waals surface area contributed by atoms with Crippen molar-refractivity contribution < 1.29 is 40.2 Å². The first-order chi connectivity index (χ1) is 13.6. The number of aliphatic carboxylic acids is 1. The summed E-state index contributed by atoms with van der Waals surface area (Å²) in [5.41, 5.74) is -4.57. The van der Waals surface area contributed by atoms with Gasteiger partial charge in [0.05, 0.1) is 18.3 Å². The Morgan fingerprint density at radius 1 is 1.20 bits per heavy atom. The van der Waals surface area contributed by atoms with Gasteiger partial charge in [-0.15, -0.1) is 0 Å². The third kappa shape index (κ3) is 2.64. The molecule has 6 N–H and O–H groups in total. The number of carboxylic acid groups (broad SMARTS) is 1. The van der Waals surface area contributed by atoms with Gasteiger partial charge in [-0.1, -0.05) is 32.9 Å². The molecule has 0 amide bonds. The Kier molecular flexibility index (Phi) is 5.16. The second-order valence-corrected chi connectivity index (χ2v) is 9.93. The van der Waals surface area contributed by atoms with Gasteiger partial charge >= 0.3 is 0 Å². The zero-order chi connectivity index (χ0) is 23.0. The van der Waals surface area contributed by atoms with Crippen molar-refractivity contribution in [2.24, 2.45) is 29.1 Å². The lowest BCUT2D eigenvalue weighted by Crippen LogP contribution is -2.65. The average molecular weight is 424 g/mol. The molecule has 0 bridgehead atoms. The molecule has 4 aliphatic carbocycles. The molecule has 0 heterocycles. The molecule has 4 rings (SSSR count). The van der Waals surface area contributed by atoms with E-state index in [4.69, 9.17) is 9.90 Å². The van der Waals surface area contributed by atoms with Crippen LogP contribution in [0.3, 0.4) is 0 Å². The quantitative estimate of drug-likeness (QED) is 0.322. The standard InChI is InChI=1S/C20H28O6.C2H4O2/c1-9-5-13-18(24,15(9)22)7-11(8-21)6-12-14-17(3,4)20(14,26)16(23)10(2)19(12,13)25;1-2(3)4/h5-6,10,12-14,16,21,23-26H,7-8H2,1-4H3;1H3,(H,3,4)/t10-,12+,13-,14-,16-,18+,19+,20+;/m1./s1. The molecule has 2 fully saturated rings. The highest BCUT2D eigenvalue weighted by Gasteiger charge is 2.84. The fourth-order valence-electron chi connectivity index (χ4n) is 6.45. The number of aliphatic hydroxyl groups excluding tert-OH is 2. The predicted octanol–water partition coefficient (Wildman–Crippen LogP) is 0.0210. The van der Waals surface area contributed by atoms with Crippen molar-refractivity contribution in [3.8, 4) is 0 Å². The summed E-state index contributed by atoms with van der Waals surface area (Å²) >= 11 is 0. The van der Waals surface area contributed by atoms with E-state index in [1.165, 1.54) is 0 Å². The van der Waals surface area contributed by atoms with Gasteiger partial charge in [0.2, 0.25) is 0 Å². The van der Waals surface area contributed by atoms with Gasteiger partial charge in [0.15, 0.2) is 5.78 Å². The fourth-order valence-corrected chi connectivity index (χ4v) is 6.45. The molecule has 0 aromatic carbocycles. The Morgan fingerprint density at radius 3 is 2.23 bits per heavy atom. The number of rotatable bonds is 1. The number of Topliss-reactive ketones (excluding diaryl/α,β-unsaturated/α-hetero) is 1. The predicted molar refractivity (Wildman–Crippen MR) is 106 cm³/mol. The van der Waals surface area contributed by atoms with Gasteiger partial charge in [-0.2, -0.15) is 0 Å². The third-order valence-electron chi connectivity index (χ3n) is 8.04. The highest BCUT2D eigenvalue weighted by Crippen LogP contribution is 2.74. The lowest BCUT2D eigenvalue weighted by atomic mass is 9.59. The SMILES string of the molecule is CC(=O)O.CC1=C[C@H]2[C@]3(O)[C@H](C)[C@@H](O)[C@@]4(O)[C@H]([C@@H]3C=C(CO)C[C@@]2(O)C1=O)C4(C)C. The molecule has 168 valence electrons. The smallest absolute Gasteiger partial charge is 0.300 e. The van der Waals surface area contributed by atoms with Crippen molar-refractivity contribution in [2.45, 2.75) is 63.9 Å². The number of carbonyl (C=O) groups is 2. The molecule has 8 nitrogen and oxygen atoms in total. The van der Waals surface area contributed by atoms with Crippen LogP contribution >= 0.6 is 0 Å². The van der Waals surface area contributed by atoms with Gasteiger partial charge in [0.25, 0.3) is 5.97 Å². The summed E-state index contributed by atoms with van der Waals surface area (Å²) in [5.74, 6) is -3.97. The lowest BCUT2D eigenvalue weighted by Gasteiger charge is -2.51. The van der Waals surface area contributed by atoms with Crippen LogP contribution in [-0.2, 0) is 9.59 Å². The van der Waals surface area contributed by atoms with Gasteiger partial charge < -0.3 is 30.6 Å². The summed E-state index contributed by atoms with van der Waals surface area (Å²) in [6.07, 6.45) is 2.08. The van der Waals surface area contributed by atoms with Crippen LogP contribution in [0.25, 0.3) is 0 Å². The summed E-state index contributed by atoms with van der Waals surface area (Å²) in [5, 5.41) is 62.4. The average Bonchev–Trinajstić information content (AvgIpc) is 3.04. The summed E-state index contributed by atoms with van der Waals surface area (Å²) < 4.78 is 0. The Balaban J connectivity index is 0.000000589. The second-order valence-electron chi connectivity index (χ2n) is 9.93. The molecule has 4 aliphatic rings. The molecule has 2 saturated carbocycles. The minimum Gasteiger partial charge on any atom is -0.481 e. The van der Waals surface area contributed by atoms with Crippen LogP contribution in [-0.4, -0.2) is 71.9 Å². The van der Waals surface area contributed by atoms with Crippen LogP contribution in [0.5, 0.6) is 0 Å². The maximum Gasteiger partial charge on any atom is 0.300 e. The Labute approximate surface area is 175 Å². The van der Waals surface area contributed by atoms with Crippen LogP contribution in [0, 0.1) is 29.1 Å². The summed E-state index contributed by atoms with van der Waals surface area (Å²) in [6, 6.07) is 0. The van der Waals surface area contributed by atoms with Crippen LogP contribution < -0.4 is 0 Å². The lowest BCUT2D eigenvalue weighted by molar-refractivity contribution is -0.209. The monoisotopic (exact) mass is 424 g/mol. The number of carboxylic acids is 1. The Bertz CT molecular complexity index is 840. The molecule has 30 heavy (non-hydrogen) atoms. The molecule has 0 aromatic heterocycles. The highest BCUT2D eigenvalue weighted by atomic mass is 16.4. The van der Waals surface area contributed by atoms with Gasteiger partial charge in [0, 0.05) is 42.4 Å². The second kappa shape index (κ2) is 6.71. The largest absolute Gasteiger partial charge is 0.481 e. The van der Waals surface area contributed by atoms with Crippen LogP contribution in [0.2, 0.25) is 0 Å². The number of hydrogen-bond donors (Lipinski definition) is 6. The Hall–Kier alpha value is -1.58. The van der Waals surface area contributed by atoms with E-state index >= 15 is 0 Å². The molecule has 8 atom stereocenters. The first-order valence-electron chi connectivity index (χ1n) is 10.2. The molecular formula is C22H32O8. The normalized spacial score (nSPS) is 48.1. The zero-order valence-corrected chi connectivity index (χ0v) is 18.0. The fraction of sp³-hybridized carbons (Fsp3) is 0.727. The maximum absolute atomic E-state index is 12.7. The number of aliphatic hydroxyl groups is 5. The van der Waals surface area contributed by atoms with Crippen molar-refractivity contribution in [1.82, 2.24) is 0 Å². The van der Waals surface area contributed by atoms with Crippen LogP contribution in [0.1, 0.15) is 41.0 Å². The first-order valence-corrected chi connectivity index (χ1v) is 10.2. The number of fused-ring (bicyclic) bond motifs is 5. The molecule has 8 heteroatoms.